The van der Waals surface area contributed by atoms with Crippen molar-refractivity contribution in [2.24, 2.45) is 0 Å². The Labute approximate surface area is 125 Å². The molecule has 20 heavy (non-hydrogen) atoms. The van der Waals surface area contributed by atoms with Gasteiger partial charge in [-0.25, -0.2) is 9.67 Å². The Morgan fingerprint density at radius 2 is 2.05 bits per heavy atom. The second kappa shape index (κ2) is 4.63. The number of rotatable bonds is 2. The van der Waals surface area contributed by atoms with Crippen molar-refractivity contribution in [3.8, 4) is 5.69 Å². The summed E-state index contributed by atoms with van der Waals surface area (Å²) in [7, 11) is 0. The fourth-order valence-electron chi connectivity index (χ4n) is 2.43. The van der Waals surface area contributed by atoms with E-state index in [0.29, 0.717) is 5.95 Å². The van der Waals surface area contributed by atoms with E-state index in [1.807, 2.05) is 28.3 Å². The number of imidazole rings is 1. The van der Waals surface area contributed by atoms with Crippen molar-refractivity contribution >= 4 is 33.0 Å². The number of fused-ring (bicyclic) bond motifs is 1. The molecule has 0 amide bonds. The molecule has 0 atom stereocenters. The predicted octanol–water partition coefficient (Wildman–Crippen LogP) is 3.20. The van der Waals surface area contributed by atoms with E-state index >= 15 is 0 Å². The van der Waals surface area contributed by atoms with Gasteiger partial charge in [-0.15, -0.1) is 0 Å². The molecule has 0 saturated heterocycles. The fraction of sp³-hybridized carbons (Fsp3) is 0.286. The van der Waals surface area contributed by atoms with Gasteiger partial charge in [0.1, 0.15) is 5.52 Å². The summed E-state index contributed by atoms with van der Waals surface area (Å²) < 4.78 is 4.97. The molecule has 0 unspecified atom stereocenters. The molecular weight excluding hydrogens is 318 g/mol. The van der Waals surface area contributed by atoms with Crippen molar-refractivity contribution < 1.29 is 0 Å². The lowest BCUT2D eigenvalue weighted by atomic mass is 10.2. The first-order valence-corrected chi connectivity index (χ1v) is 7.30. The summed E-state index contributed by atoms with van der Waals surface area (Å²) in [6.07, 6.45) is 0. The molecule has 2 heterocycles. The van der Waals surface area contributed by atoms with Crippen LogP contribution >= 0.6 is 15.9 Å². The monoisotopic (exact) mass is 333 g/mol. The van der Waals surface area contributed by atoms with Crippen LogP contribution in [0.4, 0.5) is 5.95 Å². The minimum Gasteiger partial charge on any atom is -0.369 e. The molecule has 0 aliphatic carbocycles. The van der Waals surface area contributed by atoms with E-state index < -0.39 is 0 Å². The van der Waals surface area contributed by atoms with Crippen molar-refractivity contribution in [3.63, 3.8) is 0 Å². The highest BCUT2D eigenvalue weighted by Gasteiger charge is 2.18. The zero-order valence-electron chi connectivity index (χ0n) is 11.7. The predicted molar refractivity (Wildman–Crippen MR) is 84.1 cm³/mol. The van der Waals surface area contributed by atoms with Gasteiger partial charge in [-0.05, 0) is 44.5 Å². The van der Waals surface area contributed by atoms with Gasteiger partial charge >= 0.3 is 0 Å². The lowest BCUT2D eigenvalue weighted by Gasteiger charge is -2.09. The third kappa shape index (κ3) is 1.83. The average Bonchev–Trinajstić information content (AvgIpc) is 2.90. The van der Waals surface area contributed by atoms with Gasteiger partial charge in [0.25, 0.3) is 0 Å². The number of nitrogen functional groups attached to an aromatic ring is 1. The lowest BCUT2D eigenvalue weighted by Crippen LogP contribution is -2.06. The summed E-state index contributed by atoms with van der Waals surface area (Å²) in [6.45, 7) is 6.86. The molecule has 1 aromatic carbocycles. The molecule has 2 N–H and O–H groups in total. The van der Waals surface area contributed by atoms with Gasteiger partial charge in [-0.2, -0.15) is 5.10 Å². The van der Waals surface area contributed by atoms with Crippen LogP contribution in [0.15, 0.2) is 22.7 Å². The molecule has 0 aliphatic heterocycles. The number of aryl methyl sites for hydroxylation is 3. The fourth-order valence-corrected chi connectivity index (χ4v) is 2.67. The van der Waals surface area contributed by atoms with Crippen LogP contribution in [0.25, 0.3) is 16.9 Å². The van der Waals surface area contributed by atoms with E-state index in [2.05, 4.69) is 45.9 Å². The summed E-state index contributed by atoms with van der Waals surface area (Å²) in [5.74, 6) is 0.490. The molecule has 0 radical (unpaired) electrons. The van der Waals surface area contributed by atoms with Crippen LogP contribution in [0.1, 0.15) is 18.2 Å². The van der Waals surface area contributed by atoms with Gasteiger partial charge in [0, 0.05) is 11.0 Å². The minimum absolute atomic E-state index is 0.490. The van der Waals surface area contributed by atoms with Crippen LogP contribution in [-0.4, -0.2) is 19.3 Å². The first-order chi connectivity index (χ1) is 9.52. The number of benzene rings is 1. The van der Waals surface area contributed by atoms with Gasteiger partial charge in [-0.1, -0.05) is 15.9 Å². The maximum Gasteiger partial charge on any atom is 0.207 e. The van der Waals surface area contributed by atoms with Crippen molar-refractivity contribution in [3.05, 3.63) is 33.9 Å². The van der Waals surface area contributed by atoms with E-state index in [1.54, 1.807) is 0 Å². The first kappa shape index (κ1) is 13.2. The Kier molecular flexibility index (Phi) is 3.05. The summed E-state index contributed by atoms with van der Waals surface area (Å²) in [5.41, 5.74) is 11.0. The van der Waals surface area contributed by atoms with Crippen LogP contribution in [0, 0.1) is 13.8 Å². The Morgan fingerprint density at radius 3 is 2.70 bits per heavy atom. The summed E-state index contributed by atoms with van der Waals surface area (Å²) in [5, 5.41) is 4.50. The molecule has 3 rings (SSSR count). The van der Waals surface area contributed by atoms with Gasteiger partial charge in [-0.3, -0.25) is 4.57 Å². The average molecular weight is 334 g/mol. The molecule has 6 heteroatoms. The molecule has 0 saturated carbocycles. The molecule has 104 valence electrons. The quantitative estimate of drug-likeness (QED) is 0.783. The molecule has 0 fully saturated rings. The van der Waals surface area contributed by atoms with Crippen molar-refractivity contribution in [1.29, 1.82) is 0 Å². The highest BCUT2D eigenvalue weighted by atomic mass is 79.9. The number of hydrogen-bond acceptors (Lipinski definition) is 3. The molecule has 5 nitrogen and oxygen atoms in total. The number of nitrogens with two attached hydrogens (primary N) is 1. The maximum atomic E-state index is 6.11. The largest absolute Gasteiger partial charge is 0.369 e. The summed E-state index contributed by atoms with van der Waals surface area (Å²) in [6, 6.07) is 6.14. The molecule has 0 bridgehead atoms. The van der Waals surface area contributed by atoms with Crippen LogP contribution in [0.5, 0.6) is 0 Å². The van der Waals surface area contributed by atoms with E-state index in [0.717, 1.165) is 39.1 Å². The van der Waals surface area contributed by atoms with Crippen LogP contribution < -0.4 is 5.73 Å². The lowest BCUT2D eigenvalue weighted by molar-refractivity contribution is 0.663. The zero-order valence-corrected chi connectivity index (χ0v) is 13.3. The highest BCUT2D eigenvalue weighted by Crippen LogP contribution is 2.27. The Bertz CT molecular complexity index is 800. The molecule has 0 aliphatic rings. The summed E-state index contributed by atoms with van der Waals surface area (Å²) >= 11 is 3.52. The molecular formula is C14H16BrN5. The number of nitrogens with zero attached hydrogens (tertiary/aromatic N) is 4. The van der Waals surface area contributed by atoms with E-state index in [-0.39, 0.29) is 0 Å². The minimum atomic E-state index is 0.490. The normalized spacial score (nSPS) is 11.4. The van der Waals surface area contributed by atoms with Gasteiger partial charge in [0.15, 0.2) is 5.65 Å². The first-order valence-electron chi connectivity index (χ1n) is 6.50. The van der Waals surface area contributed by atoms with Crippen molar-refractivity contribution in [2.75, 3.05) is 5.73 Å². The second-order valence-electron chi connectivity index (χ2n) is 4.81. The topological polar surface area (TPSA) is 61.7 Å². The molecule has 2 aromatic heterocycles. The van der Waals surface area contributed by atoms with E-state index in [4.69, 9.17) is 5.73 Å². The number of anilines is 1. The third-order valence-electron chi connectivity index (χ3n) is 3.44. The Balaban J connectivity index is 2.34. The maximum absolute atomic E-state index is 6.11. The zero-order chi connectivity index (χ0) is 14.4. The number of hydrogen-bond donors (Lipinski definition) is 1. The number of aromatic nitrogens is 4. The van der Waals surface area contributed by atoms with Crippen LogP contribution in [0.3, 0.4) is 0 Å². The van der Waals surface area contributed by atoms with E-state index in [1.165, 1.54) is 0 Å². The van der Waals surface area contributed by atoms with Crippen LogP contribution in [-0.2, 0) is 6.54 Å². The van der Waals surface area contributed by atoms with Gasteiger partial charge < -0.3 is 5.73 Å². The second-order valence-corrected chi connectivity index (χ2v) is 5.67. The SMILES string of the molecule is CCn1nc(C)c2nc(N)n(-c3ccc(Br)c(C)c3)c21. The molecule has 0 spiro atoms. The summed E-state index contributed by atoms with van der Waals surface area (Å²) in [4.78, 5) is 4.46. The standard InChI is InChI=1S/C14H16BrN5/c1-4-19-13-12(9(3)18-19)17-14(16)20(13)10-5-6-11(15)8(2)7-10/h5-7H,4H2,1-3H3,(H2,16,17). The molecule has 3 aromatic rings. The van der Waals surface area contributed by atoms with Crippen LogP contribution in [0.2, 0.25) is 0 Å². The van der Waals surface area contributed by atoms with E-state index in [9.17, 15) is 0 Å². The smallest absolute Gasteiger partial charge is 0.207 e. The highest BCUT2D eigenvalue weighted by molar-refractivity contribution is 9.10. The van der Waals surface area contributed by atoms with Gasteiger partial charge in [0.2, 0.25) is 5.95 Å². The third-order valence-corrected chi connectivity index (χ3v) is 4.33. The Morgan fingerprint density at radius 1 is 1.30 bits per heavy atom. The Hall–Kier alpha value is -1.82. The van der Waals surface area contributed by atoms with Crippen molar-refractivity contribution in [2.45, 2.75) is 27.3 Å². The van der Waals surface area contributed by atoms with Gasteiger partial charge in [0.05, 0.1) is 11.4 Å². The van der Waals surface area contributed by atoms with Crippen molar-refractivity contribution in [1.82, 2.24) is 19.3 Å². The number of halogens is 1.